The minimum absolute atomic E-state index is 0.0359. The summed E-state index contributed by atoms with van der Waals surface area (Å²) in [6.45, 7) is 3.87. The van der Waals surface area contributed by atoms with Crippen LogP contribution in [0, 0.1) is 0 Å². The fourth-order valence-electron chi connectivity index (χ4n) is 1.59. The summed E-state index contributed by atoms with van der Waals surface area (Å²) in [7, 11) is 0. The minimum atomic E-state index is -0.244. The molecule has 0 bridgehead atoms. The lowest BCUT2D eigenvalue weighted by Crippen LogP contribution is -2.42. The number of carbonyl (C=O) groups excluding carboxylic acids is 1. The molecule has 4 nitrogen and oxygen atoms in total. The number of rotatable bonds is 2. The molecule has 76 valence electrons. The first-order valence-electron chi connectivity index (χ1n) is 4.66. The summed E-state index contributed by atoms with van der Waals surface area (Å²) in [6.07, 6.45) is 1.72. The average Bonchev–Trinajstić information content (AvgIpc) is 2.08. The van der Waals surface area contributed by atoms with Crippen LogP contribution in [-0.2, 0) is 14.3 Å². The van der Waals surface area contributed by atoms with Crippen molar-refractivity contribution in [2.24, 2.45) is 5.73 Å². The molecule has 2 N–H and O–H groups in total. The highest BCUT2D eigenvalue weighted by atomic mass is 16.6. The van der Waals surface area contributed by atoms with Crippen LogP contribution in [0.25, 0.3) is 0 Å². The molecule has 1 rings (SSSR count). The Bertz CT molecular complexity index is 184. The van der Waals surface area contributed by atoms with Gasteiger partial charge in [-0.2, -0.15) is 0 Å². The zero-order valence-corrected chi connectivity index (χ0v) is 8.16. The van der Waals surface area contributed by atoms with Gasteiger partial charge in [0, 0.05) is 13.5 Å². The van der Waals surface area contributed by atoms with Crippen molar-refractivity contribution in [3.8, 4) is 0 Å². The first kappa shape index (κ1) is 10.5. The first-order chi connectivity index (χ1) is 6.13. The van der Waals surface area contributed by atoms with Crippen LogP contribution < -0.4 is 5.73 Å². The molecule has 0 amide bonds. The molecule has 0 spiro atoms. The molecular weight excluding hydrogens is 170 g/mol. The van der Waals surface area contributed by atoms with Crippen molar-refractivity contribution in [3.63, 3.8) is 0 Å². The largest absolute Gasteiger partial charge is 0.460 e. The number of hydrogen-bond acceptors (Lipinski definition) is 4. The number of nitrogens with two attached hydrogens (primary N) is 1. The van der Waals surface area contributed by atoms with Gasteiger partial charge in [0.25, 0.3) is 0 Å². The maximum atomic E-state index is 10.7. The highest BCUT2D eigenvalue weighted by Gasteiger charge is 2.29. The van der Waals surface area contributed by atoms with E-state index in [1.54, 1.807) is 0 Å². The average molecular weight is 187 g/mol. The van der Waals surface area contributed by atoms with E-state index in [-0.39, 0.29) is 24.3 Å². The van der Waals surface area contributed by atoms with Crippen molar-refractivity contribution in [1.29, 1.82) is 0 Å². The van der Waals surface area contributed by atoms with Gasteiger partial charge in [-0.05, 0) is 19.8 Å². The number of carbonyl (C=O) groups is 1. The molecule has 0 unspecified atom stereocenters. The SMILES string of the molecule is CC(=O)O[C@@H]1CC[C@H](CN)O[C@H]1C. The van der Waals surface area contributed by atoms with Gasteiger partial charge in [-0.15, -0.1) is 0 Å². The van der Waals surface area contributed by atoms with Crippen molar-refractivity contribution in [2.75, 3.05) is 6.54 Å². The number of hydrogen-bond donors (Lipinski definition) is 1. The summed E-state index contributed by atoms with van der Waals surface area (Å²) in [5, 5.41) is 0. The maximum Gasteiger partial charge on any atom is 0.302 e. The van der Waals surface area contributed by atoms with Gasteiger partial charge in [-0.1, -0.05) is 0 Å². The summed E-state index contributed by atoms with van der Waals surface area (Å²) in [6, 6.07) is 0. The molecule has 0 aromatic heterocycles. The first-order valence-corrected chi connectivity index (χ1v) is 4.66. The summed E-state index contributed by atoms with van der Waals surface area (Å²) < 4.78 is 10.6. The molecular formula is C9H17NO3. The van der Waals surface area contributed by atoms with Crippen molar-refractivity contribution in [2.45, 2.75) is 45.0 Å². The van der Waals surface area contributed by atoms with Crippen LogP contribution in [0.1, 0.15) is 26.7 Å². The molecule has 0 aromatic carbocycles. The second kappa shape index (κ2) is 4.58. The number of esters is 1. The van der Waals surface area contributed by atoms with E-state index in [1.807, 2.05) is 6.92 Å². The summed E-state index contributed by atoms with van der Waals surface area (Å²) in [5.74, 6) is -0.244. The van der Waals surface area contributed by atoms with Crippen LogP contribution >= 0.6 is 0 Å². The zero-order valence-electron chi connectivity index (χ0n) is 8.16. The van der Waals surface area contributed by atoms with Crippen molar-refractivity contribution < 1.29 is 14.3 Å². The van der Waals surface area contributed by atoms with Gasteiger partial charge < -0.3 is 15.2 Å². The standard InChI is InChI=1S/C9H17NO3/c1-6-9(13-7(2)11)4-3-8(5-10)12-6/h6,8-9H,3-5,10H2,1-2H3/t6-,8+,9+/m0/s1. The van der Waals surface area contributed by atoms with Crippen LogP contribution in [-0.4, -0.2) is 30.8 Å². The molecule has 13 heavy (non-hydrogen) atoms. The summed E-state index contributed by atoms with van der Waals surface area (Å²) >= 11 is 0. The smallest absolute Gasteiger partial charge is 0.302 e. The quantitative estimate of drug-likeness (QED) is 0.637. The molecule has 1 fully saturated rings. The fourth-order valence-corrected chi connectivity index (χ4v) is 1.59. The van der Waals surface area contributed by atoms with Crippen LogP contribution in [0.5, 0.6) is 0 Å². The summed E-state index contributed by atoms with van der Waals surface area (Å²) in [5.41, 5.74) is 5.48. The Kier molecular flexibility index (Phi) is 3.69. The number of ether oxygens (including phenoxy) is 2. The lowest BCUT2D eigenvalue weighted by Gasteiger charge is -2.33. The van der Waals surface area contributed by atoms with Crippen LogP contribution in [0.15, 0.2) is 0 Å². The Morgan fingerprint density at radius 1 is 1.62 bits per heavy atom. The molecule has 0 radical (unpaired) electrons. The van der Waals surface area contributed by atoms with E-state index in [9.17, 15) is 4.79 Å². The van der Waals surface area contributed by atoms with E-state index in [1.165, 1.54) is 6.92 Å². The zero-order chi connectivity index (χ0) is 9.84. The Labute approximate surface area is 78.4 Å². The van der Waals surface area contributed by atoms with E-state index in [0.717, 1.165) is 12.8 Å². The van der Waals surface area contributed by atoms with Crippen molar-refractivity contribution >= 4 is 5.97 Å². The Hall–Kier alpha value is -0.610. The highest BCUT2D eigenvalue weighted by Crippen LogP contribution is 2.21. The lowest BCUT2D eigenvalue weighted by molar-refractivity contribution is -0.166. The molecule has 4 heteroatoms. The molecule has 0 aromatic rings. The second-order valence-electron chi connectivity index (χ2n) is 3.42. The third kappa shape index (κ3) is 2.97. The second-order valence-corrected chi connectivity index (χ2v) is 3.42. The van der Waals surface area contributed by atoms with Crippen molar-refractivity contribution in [3.05, 3.63) is 0 Å². The molecule has 1 aliphatic rings. The third-order valence-electron chi connectivity index (χ3n) is 2.28. The van der Waals surface area contributed by atoms with E-state index in [4.69, 9.17) is 15.2 Å². The van der Waals surface area contributed by atoms with E-state index in [2.05, 4.69) is 0 Å². The lowest BCUT2D eigenvalue weighted by atomic mass is 10.0. The van der Waals surface area contributed by atoms with Gasteiger partial charge in [0.15, 0.2) is 0 Å². The highest BCUT2D eigenvalue weighted by molar-refractivity contribution is 5.66. The Morgan fingerprint density at radius 2 is 2.31 bits per heavy atom. The van der Waals surface area contributed by atoms with Gasteiger partial charge in [0.2, 0.25) is 0 Å². The minimum Gasteiger partial charge on any atom is -0.460 e. The maximum absolute atomic E-state index is 10.7. The normalized spacial score (nSPS) is 34.2. The van der Waals surface area contributed by atoms with E-state index < -0.39 is 0 Å². The van der Waals surface area contributed by atoms with Gasteiger partial charge in [-0.25, -0.2) is 0 Å². The van der Waals surface area contributed by atoms with Crippen LogP contribution in [0.2, 0.25) is 0 Å². The molecule has 3 atom stereocenters. The Balaban J connectivity index is 2.39. The Morgan fingerprint density at radius 3 is 2.77 bits per heavy atom. The van der Waals surface area contributed by atoms with E-state index >= 15 is 0 Å². The summed E-state index contributed by atoms with van der Waals surface area (Å²) in [4.78, 5) is 10.7. The molecule has 1 aliphatic heterocycles. The van der Waals surface area contributed by atoms with Crippen LogP contribution in [0.3, 0.4) is 0 Å². The predicted molar refractivity (Wildman–Crippen MR) is 48.2 cm³/mol. The van der Waals surface area contributed by atoms with Gasteiger partial charge >= 0.3 is 5.97 Å². The third-order valence-corrected chi connectivity index (χ3v) is 2.28. The molecule has 1 saturated heterocycles. The van der Waals surface area contributed by atoms with Crippen LogP contribution in [0.4, 0.5) is 0 Å². The monoisotopic (exact) mass is 187 g/mol. The van der Waals surface area contributed by atoms with Gasteiger partial charge in [0.05, 0.1) is 12.2 Å². The fraction of sp³-hybridized carbons (Fsp3) is 0.889. The van der Waals surface area contributed by atoms with Gasteiger partial charge in [-0.3, -0.25) is 4.79 Å². The molecule has 0 saturated carbocycles. The van der Waals surface area contributed by atoms with Crippen molar-refractivity contribution in [1.82, 2.24) is 0 Å². The molecule has 1 heterocycles. The van der Waals surface area contributed by atoms with Gasteiger partial charge in [0.1, 0.15) is 6.10 Å². The van der Waals surface area contributed by atoms with E-state index in [0.29, 0.717) is 6.54 Å². The topological polar surface area (TPSA) is 61.5 Å². The molecule has 0 aliphatic carbocycles. The predicted octanol–water partition coefficient (Wildman–Crippen LogP) is 0.444.